The number of carbonyl (C=O) groups excluding carboxylic acids is 1. The Hall–Kier alpha value is -2.80. The molecule has 0 saturated heterocycles. The summed E-state index contributed by atoms with van der Waals surface area (Å²) < 4.78 is 0. The van der Waals surface area contributed by atoms with Gasteiger partial charge in [-0.05, 0) is 43.2 Å². The van der Waals surface area contributed by atoms with Crippen LogP contribution in [0.3, 0.4) is 0 Å². The van der Waals surface area contributed by atoms with Crippen LogP contribution in [0.25, 0.3) is 0 Å². The van der Waals surface area contributed by atoms with E-state index in [1.54, 1.807) is 24.3 Å². The third-order valence-electron chi connectivity index (χ3n) is 4.27. The van der Waals surface area contributed by atoms with Crippen molar-refractivity contribution in [3.8, 4) is 6.07 Å². The monoisotopic (exact) mass is 305 g/mol. The summed E-state index contributed by atoms with van der Waals surface area (Å²) >= 11 is 0. The van der Waals surface area contributed by atoms with Crippen LogP contribution in [0.1, 0.15) is 28.4 Å². The normalized spacial score (nSPS) is 14.0. The second-order valence-electron chi connectivity index (χ2n) is 5.82. The van der Waals surface area contributed by atoms with Crippen LogP contribution in [0.2, 0.25) is 0 Å². The van der Waals surface area contributed by atoms with Gasteiger partial charge in [0.1, 0.15) is 0 Å². The Morgan fingerprint density at radius 1 is 1.30 bits per heavy atom. The topological polar surface area (TPSA) is 56.1 Å². The van der Waals surface area contributed by atoms with E-state index in [-0.39, 0.29) is 11.9 Å². The number of anilines is 1. The first-order valence-electron chi connectivity index (χ1n) is 7.82. The van der Waals surface area contributed by atoms with Gasteiger partial charge in [-0.25, -0.2) is 0 Å². The van der Waals surface area contributed by atoms with Gasteiger partial charge in [-0.15, -0.1) is 0 Å². The number of amides is 1. The number of nitrogens with zero attached hydrogens (tertiary/aromatic N) is 2. The number of hydrogen-bond acceptors (Lipinski definition) is 3. The zero-order valence-electron chi connectivity index (χ0n) is 13.1. The molecular formula is C19H19N3O. The minimum absolute atomic E-state index is 0.138. The lowest BCUT2D eigenvalue weighted by atomic mass is 10.1. The molecule has 1 amide bonds. The second kappa shape index (κ2) is 6.53. The first kappa shape index (κ1) is 15.1. The molecule has 116 valence electrons. The van der Waals surface area contributed by atoms with E-state index < -0.39 is 0 Å². The highest BCUT2D eigenvalue weighted by Crippen LogP contribution is 2.28. The Morgan fingerprint density at radius 2 is 2.13 bits per heavy atom. The molecule has 1 aliphatic heterocycles. The van der Waals surface area contributed by atoms with Crippen molar-refractivity contribution < 1.29 is 4.79 Å². The maximum absolute atomic E-state index is 12.2. The molecule has 1 aliphatic rings. The van der Waals surface area contributed by atoms with Crippen LogP contribution in [0.4, 0.5) is 5.69 Å². The Bertz CT molecular complexity index is 763. The van der Waals surface area contributed by atoms with E-state index >= 15 is 0 Å². The lowest BCUT2D eigenvalue weighted by Crippen LogP contribution is -2.41. The van der Waals surface area contributed by atoms with E-state index in [1.807, 2.05) is 0 Å². The van der Waals surface area contributed by atoms with E-state index in [2.05, 4.69) is 47.5 Å². The third kappa shape index (κ3) is 3.19. The molecule has 2 aromatic carbocycles. The van der Waals surface area contributed by atoms with Gasteiger partial charge in [-0.3, -0.25) is 4.79 Å². The summed E-state index contributed by atoms with van der Waals surface area (Å²) in [6.07, 6.45) is 1.05. The van der Waals surface area contributed by atoms with E-state index in [1.165, 1.54) is 11.3 Å². The molecule has 2 aromatic rings. The summed E-state index contributed by atoms with van der Waals surface area (Å²) in [5.74, 6) is -0.138. The number of fused-ring (bicyclic) bond motifs is 1. The van der Waals surface area contributed by atoms with Gasteiger partial charge >= 0.3 is 0 Å². The maximum Gasteiger partial charge on any atom is 0.251 e. The Kier molecular flexibility index (Phi) is 4.29. The molecule has 1 atom stereocenters. The largest absolute Gasteiger partial charge is 0.366 e. The standard InChI is InChI=1S/C19H19N3O/c1-14(22-10-9-16-6-2-3-8-18(16)22)13-21-19(23)17-7-4-5-15(11-17)12-20/h2-8,11,14H,9-10,13H2,1H3,(H,21,23)/t14-/m1/s1. The molecule has 0 spiro atoms. The Labute approximate surface area is 136 Å². The summed E-state index contributed by atoms with van der Waals surface area (Å²) in [6.45, 7) is 3.68. The predicted octanol–water partition coefficient (Wildman–Crippen LogP) is 2.74. The van der Waals surface area contributed by atoms with Crippen LogP contribution in [-0.2, 0) is 6.42 Å². The van der Waals surface area contributed by atoms with Crippen LogP contribution in [0.5, 0.6) is 0 Å². The SMILES string of the molecule is C[C@H](CNC(=O)c1cccc(C#N)c1)N1CCc2ccccc21. The lowest BCUT2D eigenvalue weighted by Gasteiger charge is -2.27. The van der Waals surface area contributed by atoms with Crippen molar-refractivity contribution in [2.75, 3.05) is 18.0 Å². The van der Waals surface area contributed by atoms with Crippen LogP contribution >= 0.6 is 0 Å². The van der Waals surface area contributed by atoms with Gasteiger partial charge < -0.3 is 10.2 Å². The molecule has 3 rings (SSSR count). The molecule has 0 radical (unpaired) electrons. The third-order valence-corrected chi connectivity index (χ3v) is 4.27. The number of nitriles is 1. The van der Waals surface area contributed by atoms with E-state index in [4.69, 9.17) is 5.26 Å². The first-order chi connectivity index (χ1) is 11.2. The smallest absolute Gasteiger partial charge is 0.251 e. The average molecular weight is 305 g/mol. The molecular weight excluding hydrogens is 286 g/mol. The van der Waals surface area contributed by atoms with Gasteiger partial charge in [0.05, 0.1) is 11.6 Å². The van der Waals surface area contributed by atoms with Gasteiger partial charge in [-0.2, -0.15) is 5.26 Å². The number of carbonyl (C=O) groups is 1. The lowest BCUT2D eigenvalue weighted by molar-refractivity contribution is 0.0951. The molecule has 4 nitrogen and oxygen atoms in total. The molecule has 0 saturated carbocycles. The fourth-order valence-electron chi connectivity index (χ4n) is 3.00. The highest BCUT2D eigenvalue weighted by molar-refractivity contribution is 5.94. The highest BCUT2D eigenvalue weighted by Gasteiger charge is 2.23. The van der Waals surface area contributed by atoms with E-state index in [0.29, 0.717) is 17.7 Å². The van der Waals surface area contributed by atoms with Gasteiger partial charge in [0.15, 0.2) is 0 Å². The zero-order valence-corrected chi connectivity index (χ0v) is 13.1. The van der Waals surface area contributed by atoms with Crippen LogP contribution in [0.15, 0.2) is 48.5 Å². The minimum atomic E-state index is -0.138. The summed E-state index contributed by atoms with van der Waals surface area (Å²) in [5.41, 5.74) is 3.66. The Morgan fingerprint density at radius 3 is 2.96 bits per heavy atom. The number of hydrogen-bond donors (Lipinski definition) is 1. The fourth-order valence-corrected chi connectivity index (χ4v) is 3.00. The van der Waals surface area contributed by atoms with Crippen molar-refractivity contribution in [3.63, 3.8) is 0 Å². The van der Waals surface area contributed by atoms with Crippen LogP contribution in [-0.4, -0.2) is 25.0 Å². The van der Waals surface area contributed by atoms with Crippen LogP contribution in [0, 0.1) is 11.3 Å². The number of rotatable bonds is 4. The maximum atomic E-state index is 12.2. The summed E-state index contributed by atoms with van der Waals surface area (Å²) in [7, 11) is 0. The highest BCUT2D eigenvalue weighted by atomic mass is 16.1. The molecule has 0 aromatic heterocycles. The fraction of sp³-hybridized carbons (Fsp3) is 0.263. The van der Waals surface area contributed by atoms with Crippen molar-refractivity contribution in [3.05, 3.63) is 65.2 Å². The molecule has 0 fully saturated rings. The molecule has 23 heavy (non-hydrogen) atoms. The van der Waals surface area contributed by atoms with Crippen molar-refractivity contribution in [2.45, 2.75) is 19.4 Å². The molecule has 0 aliphatic carbocycles. The summed E-state index contributed by atoms with van der Waals surface area (Å²) in [6, 6.07) is 17.5. The molecule has 1 heterocycles. The van der Waals surface area contributed by atoms with Crippen molar-refractivity contribution in [2.24, 2.45) is 0 Å². The number of nitrogens with one attached hydrogen (secondary N) is 1. The van der Waals surface area contributed by atoms with Crippen molar-refractivity contribution in [1.82, 2.24) is 5.32 Å². The molecule has 0 unspecified atom stereocenters. The van der Waals surface area contributed by atoms with Crippen molar-refractivity contribution >= 4 is 11.6 Å². The van der Waals surface area contributed by atoms with Gasteiger partial charge in [0.2, 0.25) is 0 Å². The Balaban J connectivity index is 1.62. The van der Waals surface area contributed by atoms with Gasteiger partial charge in [0, 0.05) is 30.4 Å². The van der Waals surface area contributed by atoms with Crippen LogP contribution < -0.4 is 10.2 Å². The number of benzene rings is 2. The quantitative estimate of drug-likeness (QED) is 0.945. The van der Waals surface area contributed by atoms with Gasteiger partial charge in [-0.1, -0.05) is 24.3 Å². The minimum Gasteiger partial charge on any atom is -0.366 e. The summed E-state index contributed by atoms with van der Waals surface area (Å²) in [4.78, 5) is 14.6. The van der Waals surface area contributed by atoms with Gasteiger partial charge in [0.25, 0.3) is 5.91 Å². The average Bonchev–Trinajstić information content (AvgIpc) is 3.03. The van der Waals surface area contributed by atoms with Crippen molar-refractivity contribution in [1.29, 1.82) is 5.26 Å². The molecule has 1 N–H and O–H groups in total. The molecule has 0 bridgehead atoms. The second-order valence-corrected chi connectivity index (χ2v) is 5.82. The zero-order chi connectivity index (χ0) is 16.2. The molecule has 4 heteroatoms. The van der Waals surface area contributed by atoms with E-state index in [0.717, 1.165) is 13.0 Å². The number of para-hydroxylation sites is 1. The van der Waals surface area contributed by atoms with E-state index in [9.17, 15) is 4.79 Å². The summed E-state index contributed by atoms with van der Waals surface area (Å²) in [5, 5.41) is 11.9. The predicted molar refractivity (Wildman–Crippen MR) is 90.4 cm³/mol. The first-order valence-corrected chi connectivity index (χ1v) is 7.82.